The van der Waals surface area contributed by atoms with Crippen LogP contribution in [-0.4, -0.2) is 30.1 Å². The van der Waals surface area contributed by atoms with Crippen LogP contribution in [0.1, 0.15) is 17.1 Å². The van der Waals surface area contributed by atoms with E-state index < -0.39 is 0 Å². The largest absolute Gasteiger partial charge is 0.363 e. The average molecular weight is 334 g/mol. The van der Waals surface area contributed by atoms with Crippen molar-refractivity contribution in [3.8, 4) is 0 Å². The minimum atomic E-state index is -0.354. The van der Waals surface area contributed by atoms with E-state index in [-0.39, 0.29) is 12.6 Å². The minimum absolute atomic E-state index is 0.234. The van der Waals surface area contributed by atoms with Crippen LogP contribution in [-0.2, 0) is 6.54 Å². The molecule has 122 valence electrons. The van der Waals surface area contributed by atoms with Gasteiger partial charge < -0.3 is 15.5 Å². The molecular formula is C16H20ClN5O. The number of carbonyl (C=O) groups is 1. The molecule has 0 aliphatic heterocycles. The van der Waals surface area contributed by atoms with E-state index in [1.165, 1.54) is 0 Å². The van der Waals surface area contributed by atoms with Crippen molar-refractivity contribution in [1.29, 1.82) is 0 Å². The molecular weight excluding hydrogens is 314 g/mol. The zero-order chi connectivity index (χ0) is 17.0. The number of aryl methyl sites for hydroxylation is 2. The molecule has 0 saturated carbocycles. The van der Waals surface area contributed by atoms with Crippen LogP contribution >= 0.6 is 11.6 Å². The van der Waals surface area contributed by atoms with Crippen molar-refractivity contribution in [2.45, 2.75) is 20.4 Å². The molecule has 0 spiro atoms. The highest BCUT2D eigenvalue weighted by molar-refractivity contribution is 6.33. The molecule has 0 aliphatic carbocycles. The van der Waals surface area contributed by atoms with Crippen LogP contribution in [0.15, 0.2) is 24.3 Å². The average Bonchev–Trinajstić information content (AvgIpc) is 2.47. The number of carbonyl (C=O) groups excluding carboxylic acids is 1. The quantitative estimate of drug-likeness (QED) is 0.901. The lowest BCUT2D eigenvalue weighted by atomic mass is 10.2. The van der Waals surface area contributed by atoms with E-state index >= 15 is 0 Å². The molecule has 1 heterocycles. The Morgan fingerprint density at radius 1 is 1.22 bits per heavy atom. The molecule has 23 heavy (non-hydrogen) atoms. The summed E-state index contributed by atoms with van der Waals surface area (Å²) in [5.41, 5.74) is 2.45. The van der Waals surface area contributed by atoms with E-state index in [4.69, 9.17) is 11.6 Å². The number of rotatable bonds is 4. The van der Waals surface area contributed by atoms with Gasteiger partial charge >= 0.3 is 6.03 Å². The molecule has 2 N–H and O–H groups in total. The van der Waals surface area contributed by atoms with Crippen molar-refractivity contribution in [1.82, 2.24) is 15.3 Å². The molecule has 0 unspecified atom stereocenters. The van der Waals surface area contributed by atoms with E-state index in [1.54, 1.807) is 12.1 Å². The first-order chi connectivity index (χ1) is 10.8. The highest BCUT2D eigenvalue weighted by atomic mass is 35.5. The maximum absolute atomic E-state index is 12.0. The fraction of sp³-hybridized carbons (Fsp3) is 0.312. The van der Waals surface area contributed by atoms with E-state index in [0.29, 0.717) is 16.5 Å². The number of urea groups is 1. The summed E-state index contributed by atoms with van der Waals surface area (Å²) in [7, 11) is 3.82. The molecule has 0 aliphatic rings. The lowest BCUT2D eigenvalue weighted by Gasteiger charge is -2.13. The van der Waals surface area contributed by atoms with Crippen LogP contribution in [0.2, 0.25) is 5.02 Å². The first-order valence-corrected chi connectivity index (χ1v) is 7.56. The van der Waals surface area contributed by atoms with E-state index in [0.717, 1.165) is 17.1 Å². The van der Waals surface area contributed by atoms with Crippen molar-refractivity contribution in [2.75, 3.05) is 24.3 Å². The molecule has 0 saturated heterocycles. The smallest absolute Gasteiger partial charge is 0.319 e. The third kappa shape index (κ3) is 4.82. The summed E-state index contributed by atoms with van der Waals surface area (Å²) in [5, 5.41) is 5.94. The predicted octanol–water partition coefficient (Wildman–Crippen LogP) is 3.13. The SMILES string of the molecule is Cc1ccc(NC(=O)NCc2nc(C)cc(N(C)C)n2)c(Cl)c1. The number of hydrogen-bond donors (Lipinski definition) is 2. The molecule has 0 radical (unpaired) electrons. The molecule has 1 aromatic carbocycles. The van der Waals surface area contributed by atoms with E-state index in [2.05, 4.69) is 20.6 Å². The Kier molecular flexibility index (Phi) is 5.39. The second-order valence-corrected chi connectivity index (χ2v) is 5.88. The molecule has 0 atom stereocenters. The Morgan fingerprint density at radius 2 is 1.96 bits per heavy atom. The van der Waals surface area contributed by atoms with Crippen LogP contribution < -0.4 is 15.5 Å². The number of nitrogens with one attached hydrogen (secondary N) is 2. The van der Waals surface area contributed by atoms with Gasteiger partial charge in [-0.2, -0.15) is 0 Å². The van der Waals surface area contributed by atoms with Crippen molar-refractivity contribution in [3.63, 3.8) is 0 Å². The van der Waals surface area contributed by atoms with Crippen LogP contribution in [0.3, 0.4) is 0 Å². The van der Waals surface area contributed by atoms with Crippen LogP contribution in [0.25, 0.3) is 0 Å². The number of nitrogens with zero attached hydrogens (tertiary/aromatic N) is 3. The second-order valence-electron chi connectivity index (χ2n) is 5.47. The molecule has 2 aromatic rings. The van der Waals surface area contributed by atoms with E-state index in [9.17, 15) is 4.79 Å². The fourth-order valence-electron chi connectivity index (χ4n) is 1.97. The standard InChI is InChI=1S/C16H20ClN5O/c1-10-5-6-13(12(17)7-10)20-16(23)18-9-14-19-11(2)8-15(21-14)22(3)4/h5-8H,9H2,1-4H3,(H2,18,20,23). The minimum Gasteiger partial charge on any atom is -0.363 e. The molecule has 0 bridgehead atoms. The highest BCUT2D eigenvalue weighted by Crippen LogP contribution is 2.22. The van der Waals surface area contributed by atoms with Crippen LogP contribution in [0, 0.1) is 13.8 Å². The first-order valence-electron chi connectivity index (χ1n) is 7.18. The maximum Gasteiger partial charge on any atom is 0.319 e. The number of hydrogen-bond acceptors (Lipinski definition) is 4. The summed E-state index contributed by atoms with van der Waals surface area (Å²) in [6.07, 6.45) is 0. The van der Waals surface area contributed by atoms with Gasteiger partial charge in [0.25, 0.3) is 0 Å². The summed E-state index contributed by atoms with van der Waals surface area (Å²) in [4.78, 5) is 22.6. The third-order valence-corrected chi connectivity index (χ3v) is 3.44. The summed E-state index contributed by atoms with van der Waals surface area (Å²) in [6, 6.07) is 6.98. The van der Waals surface area contributed by atoms with Gasteiger partial charge in [-0.05, 0) is 31.5 Å². The lowest BCUT2D eigenvalue weighted by Crippen LogP contribution is -2.29. The molecule has 0 fully saturated rings. The van der Waals surface area contributed by atoms with Crippen molar-refractivity contribution in [3.05, 3.63) is 46.4 Å². The van der Waals surface area contributed by atoms with Gasteiger partial charge in [0.15, 0.2) is 0 Å². The van der Waals surface area contributed by atoms with Crippen molar-refractivity contribution in [2.24, 2.45) is 0 Å². The number of anilines is 2. The summed E-state index contributed by atoms with van der Waals surface area (Å²) < 4.78 is 0. The van der Waals surface area contributed by atoms with E-state index in [1.807, 2.05) is 45.0 Å². The molecule has 2 rings (SSSR count). The van der Waals surface area contributed by atoms with Gasteiger partial charge in [-0.25, -0.2) is 14.8 Å². The van der Waals surface area contributed by atoms with Gasteiger partial charge in [-0.15, -0.1) is 0 Å². The number of benzene rings is 1. The highest BCUT2D eigenvalue weighted by Gasteiger charge is 2.08. The number of amides is 2. The topological polar surface area (TPSA) is 70.2 Å². The van der Waals surface area contributed by atoms with Gasteiger partial charge in [0.05, 0.1) is 17.3 Å². The summed E-state index contributed by atoms with van der Waals surface area (Å²) >= 11 is 6.09. The summed E-state index contributed by atoms with van der Waals surface area (Å²) in [5.74, 6) is 1.36. The Balaban J connectivity index is 1.99. The second kappa shape index (κ2) is 7.28. The first kappa shape index (κ1) is 17.0. The number of aromatic nitrogens is 2. The monoisotopic (exact) mass is 333 g/mol. The third-order valence-electron chi connectivity index (χ3n) is 3.13. The van der Waals surface area contributed by atoms with Crippen molar-refractivity contribution < 1.29 is 4.79 Å². The van der Waals surface area contributed by atoms with Gasteiger partial charge in [0, 0.05) is 25.9 Å². The summed E-state index contributed by atoms with van der Waals surface area (Å²) in [6.45, 7) is 4.06. The lowest BCUT2D eigenvalue weighted by molar-refractivity contribution is 0.251. The van der Waals surface area contributed by atoms with Crippen LogP contribution in [0.5, 0.6) is 0 Å². The Morgan fingerprint density at radius 3 is 2.61 bits per heavy atom. The normalized spacial score (nSPS) is 10.3. The Hall–Kier alpha value is -2.34. The molecule has 7 heteroatoms. The van der Waals surface area contributed by atoms with Gasteiger partial charge in [0.2, 0.25) is 0 Å². The zero-order valence-electron chi connectivity index (χ0n) is 13.6. The van der Waals surface area contributed by atoms with Gasteiger partial charge in [-0.1, -0.05) is 17.7 Å². The molecule has 2 amide bonds. The Labute approximate surface area is 140 Å². The predicted molar refractivity (Wildman–Crippen MR) is 93.1 cm³/mol. The number of halogens is 1. The van der Waals surface area contributed by atoms with Gasteiger partial charge in [0.1, 0.15) is 11.6 Å². The maximum atomic E-state index is 12.0. The molecule has 6 nitrogen and oxygen atoms in total. The Bertz CT molecular complexity index is 718. The van der Waals surface area contributed by atoms with Gasteiger partial charge in [-0.3, -0.25) is 0 Å². The van der Waals surface area contributed by atoms with Crippen molar-refractivity contribution >= 4 is 29.1 Å². The fourth-order valence-corrected chi connectivity index (χ4v) is 2.25. The zero-order valence-corrected chi connectivity index (χ0v) is 14.4. The van der Waals surface area contributed by atoms with Crippen LogP contribution in [0.4, 0.5) is 16.3 Å². The molecule has 1 aromatic heterocycles.